The molecule has 0 amide bonds. The van der Waals surface area contributed by atoms with Crippen LogP contribution in [-0.4, -0.2) is 11.8 Å². The molecule has 8 aromatic carbocycles. The lowest BCUT2D eigenvalue weighted by atomic mass is 9.58. The number of hydrogen-bond donors (Lipinski definition) is 1. The summed E-state index contributed by atoms with van der Waals surface area (Å²) in [6.45, 7) is 25.5. The molecule has 13 rings (SSSR count). The molecule has 5 heteroatoms. The fourth-order valence-electron chi connectivity index (χ4n) is 11.7. The van der Waals surface area contributed by atoms with Crippen LogP contribution in [0.1, 0.15) is 104 Å². The summed E-state index contributed by atoms with van der Waals surface area (Å²) in [5.74, 6) is 0. The molecule has 0 bridgehead atoms. The molecule has 0 fully saturated rings. The third kappa shape index (κ3) is 5.81. The molecule has 1 aliphatic heterocycles. The lowest BCUT2D eigenvalue weighted by Gasteiger charge is -2.26. The Morgan fingerprint density at radius 1 is 0.515 bits per heavy atom. The number of hydrogen-bond acceptors (Lipinski definition) is 3. The highest BCUT2D eigenvalue weighted by molar-refractivity contribution is 6.75. The molecule has 11 aromatic rings. The van der Waals surface area contributed by atoms with Crippen LogP contribution >= 0.6 is 0 Å². The van der Waals surface area contributed by atoms with Crippen LogP contribution < -0.4 is 16.2 Å². The van der Waals surface area contributed by atoms with Crippen LogP contribution in [0.25, 0.3) is 93.6 Å². The number of nitrogens with zero attached hydrogens (tertiary/aromatic N) is 1. The van der Waals surface area contributed by atoms with Gasteiger partial charge in [0.25, 0.3) is 0 Å². The second kappa shape index (κ2) is 13.6. The quantitative estimate of drug-likeness (QED) is 0.180. The lowest BCUT2D eigenvalue weighted by molar-refractivity contribution is 0.589. The van der Waals surface area contributed by atoms with Crippen LogP contribution in [0.15, 0.2) is 142 Å². The van der Waals surface area contributed by atoms with Crippen LogP contribution in [0.4, 0.5) is 11.4 Å². The molecule has 1 N–H and O–H groups in total. The van der Waals surface area contributed by atoms with Gasteiger partial charge in [-0.25, -0.2) is 0 Å². The van der Waals surface area contributed by atoms with E-state index >= 15 is 0 Å². The van der Waals surface area contributed by atoms with E-state index < -0.39 is 0 Å². The minimum Gasteiger partial charge on any atom is -0.456 e. The zero-order chi connectivity index (χ0) is 47.0. The highest BCUT2D eigenvalue weighted by Gasteiger charge is 2.39. The number of para-hydroxylation sites is 2. The smallest absolute Gasteiger partial charge is 0.197 e. The van der Waals surface area contributed by atoms with E-state index in [4.69, 9.17) is 8.83 Å². The first kappa shape index (κ1) is 41.2. The van der Waals surface area contributed by atoms with Crippen molar-refractivity contribution in [3.05, 3.63) is 161 Å². The molecule has 0 saturated carbocycles. The van der Waals surface area contributed by atoms with E-state index in [0.29, 0.717) is 0 Å². The molecule has 68 heavy (non-hydrogen) atoms. The van der Waals surface area contributed by atoms with Gasteiger partial charge in [0, 0.05) is 61.0 Å². The number of benzene rings is 8. The molecule has 0 atom stereocenters. The SMILES string of the molecule is CC(C)(C)c1ccc(Nc2cc3c(cc2-c2c4c5c(c6cc(C(C)(C)C)ccc6n5-c5cc6oc7ccccc7c6cc5[B]4)c4oc5ccccc5c24)-c2cc(C(C)(C)C)ccc2C3(C)C)cc1. The van der Waals surface area contributed by atoms with E-state index in [1.165, 1.54) is 49.8 Å². The van der Waals surface area contributed by atoms with Crippen molar-refractivity contribution in [2.45, 2.75) is 97.8 Å². The third-order valence-corrected chi connectivity index (χ3v) is 15.5. The summed E-state index contributed by atoms with van der Waals surface area (Å²) in [4.78, 5) is 0. The van der Waals surface area contributed by atoms with Crippen LogP contribution in [0, 0.1) is 0 Å². The van der Waals surface area contributed by atoms with E-state index in [0.717, 1.165) is 93.9 Å². The Labute approximate surface area is 399 Å². The van der Waals surface area contributed by atoms with Crippen LogP contribution in [-0.2, 0) is 21.7 Å². The van der Waals surface area contributed by atoms with Crippen molar-refractivity contribution in [2.75, 3.05) is 5.32 Å². The summed E-state index contributed by atoms with van der Waals surface area (Å²) in [5.41, 5.74) is 22.7. The largest absolute Gasteiger partial charge is 0.456 e. The van der Waals surface area contributed by atoms with Gasteiger partial charge in [-0.2, -0.15) is 0 Å². The van der Waals surface area contributed by atoms with Crippen molar-refractivity contribution in [3.8, 4) is 27.9 Å². The monoisotopic (exact) mass is 883 g/mol. The Morgan fingerprint density at radius 2 is 1.15 bits per heavy atom. The Bertz CT molecular complexity index is 3980. The van der Waals surface area contributed by atoms with Crippen LogP contribution in [0.3, 0.4) is 0 Å². The van der Waals surface area contributed by atoms with Gasteiger partial charge in [0.05, 0.1) is 16.4 Å². The normalized spacial score (nSPS) is 14.3. The number of anilines is 2. The van der Waals surface area contributed by atoms with Crippen molar-refractivity contribution >= 4 is 95.3 Å². The van der Waals surface area contributed by atoms with Crippen molar-refractivity contribution in [2.24, 2.45) is 0 Å². The predicted octanol–water partition coefficient (Wildman–Crippen LogP) is 16.2. The summed E-state index contributed by atoms with van der Waals surface area (Å²) in [5, 5.41) is 10.9. The molecular weight excluding hydrogens is 828 g/mol. The number of fused-ring (bicyclic) bond motifs is 15. The van der Waals surface area contributed by atoms with Gasteiger partial charge >= 0.3 is 0 Å². The van der Waals surface area contributed by atoms with Crippen molar-refractivity contribution in [1.82, 2.24) is 4.57 Å². The predicted molar refractivity (Wildman–Crippen MR) is 289 cm³/mol. The maximum atomic E-state index is 7.27. The Balaban J connectivity index is 1.20. The third-order valence-electron chi connectivity index (χ3n) is 15.5. The highest BCUT2D eigenvalue weighted by Crippen LogP contribution is 2.54. The maximum Gasteiger partial charge on any atom is 0.197 e. The second-order valence-corrected chi connectivity index (χ2v) is 23.3. The summed E-state index contributed by atoms with van der Waals surface area (Å²) in [7, 11) is 2.46. The topological polar surface area (TPSA) is 43.2 Å². The molecule has 4 heterocycles. The summed E-state index contributed by atoms with van der Waals surface area (Å²) in [6, 6.07) is 50.0. The zero-order valence-electron chi connectivity index (χ0n) is 41.0. The summed E-state index contributed by atoms with van der Waals surface area (Å²) in [6.07, 6.45) is 0. The van der Waals surface area contributed by atoms with E-state index in [1.54, 1.807) is 0 Å². The van der Waals surface area contributed by atoms with Gasteiger partial charge in [-0.15, -0.1) is 0 Å². The van der Waals surface area contributed by atoms with E-state index in [9.17, 15) is 0 Å². The Kier molecular flexibility index (Phi) is 8.24. The first-order valence-electron chi connectivity index (χ1n) is 24.3. The van der Waals surface area contributed by atoms with Crippen molar-refractivity contribution in [3.63, 3.8) is 0 Å². The van der Waals surface area contributed by atoms with Crippen LogP contribution in [0.2, 0.25) is 0 Å². The number of nitrogens with one attached hydrogen (secondary N) is 1. The molecule has 4 nitrogen and oxygen atoms in total. The number of rotatable bonds is 3. The number of aromatic nitrogens is 1. The van der Waals surface area contributed by atoms with Gasteiger partial charge in [0.1, 0.15) is 22.3 Å². The second-order valence-electron chi connectivity index (χ2n) is 23.3. The van der Waals surface area contributed by atoms with Crippen molar-refractivity contribution in [1.29, 1.82) is 0 Å². The molecular formula is C63H56BN2O2. The maximum absolute atomic E-state index is 7.27. The molecule has 1 radical (unpaired) electrons. The summed E-state index contributed by atoms with van der Waals surface area (Å²) >= 11 is 0. The fourth-order valence-corrected chi connectivity index (χ4v) is 11.7. The zero-order valence-corrected chi connectivity index (χ0v) is 41.0. The summed E-state index contributed by atoms with van der Waals surface area (Å²) < 4.78 is 16.4. The van der Waals surface area contributed by atoms with Crippen LogP contribution in [0.5, 0.6) is 0 Å². The van der Waals surface area contributed by atoms with Gasteiger partial charge in [-0.3, -0.25) is 0 Å². The average molecular weight is 884 g/mol. The minimum atomic E-state index is -0.219. The van der Waals surface area contributed by atoms with Gasteiger partial charge in [-0.1, -0.05) is 160 Å². The minimum absolute atomic E-state index is 0.00308. The van der Waals surface area contributed by atoms with E-state index in [2.05, 4.69) is 227 Å². The molecule has 333 valence electrons. The lowest BCUT2D eigenvalue weighted by Crippen LogP contribution is -2.37. The molecule has 1 aliphatic carbocycles. The average Bonchev–Trinajstić information content (AvgIpc) is 4.02. The molecule has 0 saturated heterocycles. The molecule has 0 unspecified atom stereocenters. The van der Waals surface area contributed by atoms with Gasteiger partial charge in [0.2, 0.25) is 0 Å². The Hall–Kier alpha value is -6.98. The standard InChI is InChI=1S/C63H56BN2O2/c1-60(2,3)34-20-24-37(25-21-34)65-48-32-46-41(40-28-35(61(4,5)6)22-26-45(40)63(46,10)11)30-43(48)54-55-39-17-13-15-19-52(39)68-59(55)56-44-29-36(62(7,8)9)23-27-49(44)66-50-33-53-42(31-47(50)64-57(54)58(56)66)38-16-12-14-18-51(38)67-53/h12-33,65H,1-11H3. The Morgan fingerprint density at radius 3 is 1.87 bits per heavy atom. The van der Waals surface area contributed by atoms with Crippen molar-refractivity contribution < 1.29 is 8.83 Å². The first-order valence-corrected chi connectivity index (χ1v) is 24.3. The fraction of sp³-hybridized carbons (Fsp3) is 0.238. The molecule has 0 spiro atoms. The number of furan rings is 2. The van der Waals surface area contributed by atoms with E-state index in [-0.39, 0.29) is 21.7 Å². The molecule has 3 aromatic heterocycles. The van der Waals surface area contributed by atoms with Gasteiger partial charge < -0.3 is 18.7 Å². The highest BCUT2D eigenvalue weighted by atomic mass is 16.3. The van der Waals surface area contributed by atoms with Gasteiger partial charge in [0.15, 0.2) is 7.28 Å². The van der Waals surface area contributed by atoms with E-state index in [1.807, 2.05) is 0 Å². The molecule has 2 aliphatic rings. The van der Waals surface area contributed by atoms with Gasteiger partial charge in [-0.05, 0) is 115 Å². The first-order chi connectivity index (χ1) is 32.3.